The van der Waals surface area contributed by atoms with Gasteiger partial charge in [-0.25, -0.2) is 8.42 Å². The minimum Gasteiger partial charge on any atom is -0.352 e. The predicted octanol–water partition coefficient (Wildman–Crippen LogP) is 3.67. The third-order valence-electron chi connectivity index (χ3n) is 6.57. The first-order chi connectivity index (χ1) is 16.7. The highest BCUT2D eigenvalue weighted by Crippen LogP contribution is 2.21. The molecular weight excluding hydrogens is 462 g/mol. The Morgan fingerprint density at radius 1 is 1.03 bits per heavy atom. The lowest BCUT2D eigenvalue weighted by Crippen LogP contribution is -2.54. The van der Waals surface area contributed by atoms with Crippen molar-refractivity contribution >= 4 is 27.5 Å². The van der Waals surface area contributed by atoms with E-state index in [2.05, 4.69) is 5.32 Å². The van der Waals surface area contributed by atoms with Crippen LogP contribution < -0.4 is 9.62 Å². The maximum atomic E-state index is 13.6. The van der Waals surface area contributed by atoms with Crippen LogP contribution in [-0.4, -0.2) is 56.6 Å². The van der Waals surface area contributed by atoms with E-state index in [1.165, 1.54) is 0 Å². The Morgan fingerprint density at radius 3 is 2.23 bits per heavy atom. The van der Waals surface area contributed by atoms with Gasteiger partial charge >= 0.3 is 0 Å². The molecule has 0 spiro atoms. The van der Waals surface area contributed by atoms with Gasteiger partial charge in [0.05, 0.1) is 11.9 Å². The summed E-state index contributed by atoms with van der Waals surface area (Å²) in [6, 6.07) is 16.3. The average Bonchev–Trinajstić information content (AvgIpc) is 3.33. The van der Waals surface area contributed by atoms with Gasteiger partial charge in [0.15, 0.2) is 0 Å². The number of amides is 2. The zero-order valence-electron chi connectivity index (χ0n) is 20.9. The molecule has 3 rings (SSSR count). The molecule has 2 aromatic rings. The molecular formula is C27H37N3O4S. The smallest absolute Gasteiger partial charge is 0.244 e. The number of hydrogen-bond acceptors (Lipinski definition) is 4. The standard InChI is InChI=1S/C27H37N3O4S/c1-4-25(27(32)28-23-12-8-9-13-23)29(19-18-22-10-6-5-7-11-22)26(31)20-30(35(3,33)34)24-16-14-21(2)15-17-24/h5-7,10-11,14-17,23,25H,4,8-9,12-13,18-20H2,1-3H3,(H,28,32). The lowest BCUT2D eigenvalue weighted by atomic mass is 10.1. The van der Waals surface area contributed by atoms with Gasteiger partial charge in [-0.05, 0) is 50.3 Å². The number of sulfonamides is 1. The molecule has 1 unspecified atom stereocenters. The van der Waals surface area contributed by atoms with Crippen molar-refractivity contribution in [3.05, 3.63) is 65.7 Å². The molecule has 1 saturated carbocycles. The Labute approximate surface area is 209 Å². The fourth-order valence-electron chi connectivity index (χ4n) is 4.59. The van der Waals surface area contributed by atoms with Crippen LogP contribution in [0.5, 0.6) is 0 Å². The number of aryl methyl sites for hydroxylation is 1. The van der Waals surface area contributed by atoms with Crippen molar-refractivity contribution in [1.29, 1.82) is 0 Å². The van der Waals surface area contributed by atoms with Gasteiger partial charge in [-0.1, -0.05) is 67.8 Å². The average molecular weight is 500 g/mol. The number of carbonyl (C=O) groups is 2. The topological polar surface area (TPSA) is 86.8 Å². The largest absolute Gasteiger partial charge is 0.352 e. The Balaban J connectivity index is 1.85. The lowest BCUT2D eigenvalue weighted by molar-refractivity contribution is -0.139. The molecule has 35 heavy (non-hydrogen) atoms. The summed E-state index contributed by atoms with van der Waals surface area (Å²) in [5.74, 6) is -0.553. The van der Waals surface area contributed by atoms with E-state index in [4.69, 9.17) is 0 Å². The van der Waals surface area contributed by atoms with Crippen LogP contribution >= 0.6 is 0 Å². The number of anilines is 1. The van der Waals surface area contributed by atoms with Crippen molar-refractivity contribution in [1.82, 2.24) is 10.2 Å². The van der Waals surface area contributed by atoms with Crippen LogP contribution in [-0.2, 0) is 26.0 Å². The van der Waals surface area contributed by atoms with Gasteiger partial charge in [0.1, 0.15) is 12.6 Å². The van der Waals surface area contributed by atoms with Crippen molar-refractivity contribution in [3.63, 3.8) is 0 Å². The van der Waals surface area contributed by atoms with E-state index in [0.29, 0.717) is 25.1 Å². The predicted molar refractivity (Wildman–Crippen MR) is 140 cm³/mol. The Morgan fingerprint density at radius 2 is 1.66 bits per heavy atom. The van der Waals surface area contributed by atoms with Gasteiger partial charge in [-0.15, -0.1) is 0 Å². The molecule has 0 radical (unpaired) electrons. The summed E-state index contributed by atoms with van der Waals surface area (Å²) < 4.78 is 26.4. The summed E-state index contributed by atoms with van der Waals surface area (Å²) in [5.41, 5.74) is 2.47. The molecule has 1 aliphatic carbocycles. The van der Waals surface area contributed by atoms with E-state index in [1.807, 2.05) is 56.3 Å². The number of rotatable bonds is 11. The van der Waals surface area contributed by atoms with Crippen molar-refractivity contribution in [2.45, 2.75) is 64.5 Å². The Hall–Kier alpha value is -2.87. The third-order valence-corrected chi connectivity index (χ3v) is 7.71. The van der Waals surface area contributed by atoms with Gasteiger partial charge in [0, 0.05) is 12.6 Å². The van der Waals surface area contributed by atoms with Crippen LogP contribution in [0.2, 0.25) is 0 Å². The van der Waals surface area contributed by atoms with Gasteiger partial charge in [0.25, 0.3) is 0 Å². The molecule has 0 aromatic heterocycles. The maximum absolute atomic E-state index is 13.6. The first-order valence-corrected chi connectivity index (χ1v) is 14.2. The zero-order chi connectivity index (χ0) is 25.4. The van der Waals surface area contributed by atoms with E-state index in [9.17, 15) is 18.0 Å². The molecule has 8 heteroatoms. The van der Waals surface area contributed by atoms with E-state index in [0.717, 1.165) is 47.4 Å². The summed E-state index contributed by atoms with van der Waals surface area (Å²) in [6.07, 6.45) is 6.21. The lowest BCUT2D eigenvalue weighted by Gasteiger charge is -2.33. The Kier molecular flexibility index (Phi) is 9.32. The monoisotopic (exact) mass is 499 g/mol. The fourth-order valence-corrected chi connectivity index (χ4v) is 5.44. The van der Waals surface area contributed by atoms with E-state index in [1.54, 1.807) is 17.0 Å². The zero-order valence-corrected chi connectivity index (χ0v) is 21.8. The van der Waals surface area contributed by atoms with Gasteiger partial charge in [-0.2, -0.15) is 0 Å². The summed E-state index contributed by atoms with van der Waals surface area (Å²) in [6.45, 7) is 3.77. The summed E-state index contributed by atoms with van der Waals surface area (Å²) in [7, 11) is -3.71. The third kappa shape index (κ3) is 7.56. The highest BCUT2D eigenvalue weighted by atomic mass is 32.2. The number of hydrogen-bond donors (Lipinski definition) is 1. The molecule has 7 nitrogen and oxygen atoms in total. The highest BCUT2D eigenvalue weighted by Gasteiger charge is 2.32. The molecule has 1 N–H and O–H groups in total. The maximum Gasteiger partial charge on any atom is 0.244 e. The molecule has 0 heterocycles. The molecule has 0 aliphatic heterocycles. The summed E-state index contributed by atoms with van der Waals surface area (Å²) in [5, 5.41) is 3.12. The van der Waals surface area contributed by atoms with Gasteiger partial charge in [0.2, 0.25) is 21.8 Å². The molecule has 0 bridgehead atoms. The van der Waals surface area contributed by atoms with Crippen molar-refractivity contribution in [3.8, 4) is 0 Å². The quantitative estimate of drug-likeness (QED) is 0.511. The Bertz CT molecular complexity index is 1080. The van der Waals surface area contributed by atoms with Crippen LogP contribution in [0.15, 0.2) is 54.6 Å². The highest BCUT2D eigenvalue weighted by molar-refractivity contribution is 7.92. The first kappa shape index (κ1) is 26.7. The minimum absolute atomic E-state index is 0.141. The van der Waals surface area contributed by atoms with E-state index in [-0.39, 0.29) is 24.4 Å². The van der Waals surface area contributed by atoms with E-state index < -0.39 is 16.1 Å². The molecule has 190 valence electrons. The van der Waals surface area contributed by atoms with Crippen molar-refractivity contribution in [2.75, 3.05) is 23.7 Å². The fraction of sp³-hybridized carbons (Fsp3) is 0.481. The van der Waals surface area contributed by atoms with Crippen molar-refractivity contribution in [2.24, 2.45) is 0 Å². The summed E-state index contributed by atoms with van der Waals surface area (Å²) >= 11 is 0. The van der Waals surface area contributed by atoms with Crippen LogP contribution in [0.3, 0.4) is 0 Å². The van der Waals surface area contributed by atoms with Crippen molar-refractivity contribution < 1.29 is 18.0 Å². The second-order valence-electron chi connectivity index (χ2n) is 9.34. The van der Waals surface area contributed by atoms with Gasteiger partial charge < -0.3 is 10.2 Å². The van der Waals surface area contributed by atoms with Gasteiger partial charge in [-0.3, -0.25) is 13.9 Å². The molecule has 1 atom stereocenters. The molecule has 0 saturated heterocycles. The molecule has 1 aliphatic rings. The minimum atomic E-state index is -3.71. The molecule has 1 fully saturated rings. The number of benzene rings is 2. The number of nitrogens with one attached hydrogen (secondary N) is 1. The van der Waals surface area contributed by atoms with Crippen LogP contribution in [0.25, 0.3) is 0 Å². The summed E-state index contributed by atoms with van der Waals surface area (Å²) in [4.78, 5) is 28.4. The van der Waals surface area contributed by atoms with Crippen LogP contribution in [0.4, 0.5) is 5.69 Å². The van der Waals surface area contributed by atoms with Crippen LogP contribution in [0.1, 0.15) is 50.2 Å². The van der Waals surface area contributed by atoms with Crippen LogP contribution in [0, 0.1) is 6.92 Å². The SMILES string of the molecule is CCC(C(=O)NC1CCCC1)N(CCc1ccccc1)C(=O)CN(c1ccc(C)cc1)S(C)(=O)=O. The molecule has 2 amide bonds. The normalized spacial score (nSPS) is 14.9. The second-order valence-corrected chi connectivity index (χ2v) is 11.2. The second kappa shape index (κ2) is 12.2. The number of nitrogens with zero attached hydrogens (tertiary/aromatic N) is 2. The number of carbonyl (C=O) groups excluding carboxylic acids is 2. The first-order valence-electron chi connectivity index (χ1n) is 12.4. The molecule has 2 aromatic carbocycles. The van der Waals surface area contributed by atoms with E-state index >= 15 is 0 Å².